The topological polar surface area (TPSA) is 0 Å². The van der Waals surface area contributed by atoms with Crippen molar-refractivity contribution in [3.8, 4) is 0 Å². The SMILES string of the molecule is C[Si](C)(C)C[Si](C[Si](C)(C)C)(C[Si](C)(C)C)C[Si](C)(C)C. The van der Waals surface area contributed by atoms with Gasteiger partial charge in [0.2, 0.25) is 0 Å². The first kappa shape index (κ1) is 22.1. The Morgan fingerprint density at radius 1 is 0.333 bits per heavy atom. The molecule has 0 amide bonds. The number of hydrogen-bond donors (Lipinski definition) is 0. The van der Waals surface area contributed by atoms with Crippen molar-refractivity contribution in [3.05, 3.63) is 0 Å². The molecule has 0 unspecified atom stereocenters. The molecule has 0 saturated heterocycles. The summed E-state index contributed by atoms with van der Waals surface area (Å²) in [6.07, 6.45) is 0. The van der Waals surface area contributed by atoms with Crippen molar-refractivity contribution >= 4 is 40.4 Å². The van der Waals surface area contributed by atoms with Crippen molar-refractivity contribution in [2.24, 2.45) is 0 Å². The van der Waals surface area contributed by atoms with Gasteiger partial charge in [0.1, 0.15) is 0 Å². The lowest BCUT2D eigenvalue weighted by Crippen LogP contribution is -2.55. The minimum Gasteiger partial charge on any atom is -0.0698 e. The van der Waals surface area contributed by atoms with E-state index < -0.39 is 40.4 Å². The first-order valence-electron chi connectivity index (χ1n) is 8.83. The van der Waals surface area contributed by atoms with E-state index in [-0.39, 0.29) is 0 Å². The summed E-state index contributed by atoms with van der Waals surface area (Å²) in [4.78, 5) is 0. The molecule has 0 nitrogen and oxygen atoms in total. The van der Waals surface area contributed by atoms with Crippen molar-refractivity contribution in [2.45, 2.75) is 101 Å². The highest BCUT2D eigenvalue weighted by Gasteiger charge is 2.45. The molecule has 0 rings (SSSR count). The summed E-state index contributed by atoms with van der Waals surface area (Å²) in [5.74, 6) is 0. The van der Waals surface area contributed by atoms with Crippen molar-refractivity contribution in [1.82, 2.24) is 0 Å². The zero-order valence-electron chi connectivity index (χ0n) is 17.3. The summed E-state index contributed by atoms with van der Waals surface area (Å²) < 4.78 is 0. The minimum atomic E-state index is -1.09. The fourth-order valence-electron chi connectivity index (χ4n) is 4.87. The van der Waals surface area contributed by atoms with Crippen LogP contribution in [-0.4, -0.2) is 40.4 Å². The molecule has 128 valence electrons. The van der Waals surface area contributed by atoms with E-state index in [4.69, 9.17) is 0 Å². The van der Waals surface area contributed by atoms with E-state index in [1.807, 2.05) is 0 Å². The molecule has 0 aromatic heterocycles. The van der Waals surface area contributed by atoms with Gasteiger partial charge in [-0.3, -0.25) is 0 Å². The summed E-state index contributed by atoms with van der Waals surface area (Å²) in [6, 6.07) is 0. The van der Waals surface area contributed by atoms with E-state index in [1.165, 1.54) is 0 Å². The molecule has 0 aliphatic rings. The van der Waals surface area contributed by atoms with Gasteiger partial charge in [-0.15, -0.1) is 0 Å². The average molecular weight is 377 g/mol. The molecular formula is C16H44Si5. The third-order valence-electron chi connectivity index (χ3n) is 3.62. The maximum Gasteiger partial charge on any atom is 0.0430 e. The Morgan fingerprint density at radius 3 is 0.571 bits per heavy atom. The molecule has 0 spiro atoms. The maximum atomic E-state index is 2.63. The molecule has 0 aromatic rings. The summed E-state index contributed by atoms with van der Waals surface area (Å²) in [6.45, 7) is 31.6. The van der Waals surface area contributed by atoms with E-state index in [2.05, 4.69) is 78.6 Å². The van der Waals surface area contributed by atoms with Gasteiger partial charge in [-0.2, -0.15) is 0 Å². The van der Waals surface area contributed by atoms with Crippen LogP contribution < -0.4 is 0 Å². The predicted octanol–water partition coefficient (Wildman–Crippen LogP) is 6.94. The normalized spacial score (nSPS) is 15.4. The van der Waals surface area contributed by atoms with Gasteiger partial charge >= 0.3 is 0 Å². The molecule has 0 aliphatic carbocycles. The molecule has 0 radical (unpaired) electrons. The van der Waals surface area contributed by atoms with Crippen LogP contribution in [0.4, 0.5) is 0 Å². The molecule has 21 heavy (non-hydrogen) atoms. The van der Waals surface area contributed by atoms with E-state index >= 15 is 0 Å². The van der Waals surface area contributed by atoms with E-state index in [0.29, 0.717) is 0 Å². The van der Waals surface area contributed by atoms with Gasteiger partial charge in [-0.1, -0.05) is 101 Å². The minimum absolute atomic E-state index is 0.964. The van der Waals surface area contributed by atoms with Crippen LogP contribution in [0, 0.1) is 0 Å². The highest BCUT2D eigenvalue weighted by molar-refractivity contribution is 7.12. The van der Waals surface area contributed by atoms with Gasteiger partial charge < -0.3 is 0 Å². The molecule has 0 atom stereocenters. The smallest absolute Gasteiger partial charge is 0.0430 e. The fraction of sp³-hybridized carbons (Fsp3) is 1.00. The zero-order valence-corrected chi connectivity index (χ0v) is 22.3. The highest BCUT2D eigenvalue weighted by atomic mass is 28.5. The Bertz CT molecular complexity index is 253. The standard InChI is InChI=1S/C16H44Si5/c1-17(2,3)13-21(14-18(4,5)6,15-19(7,8)9)16-20(10,11)12/h13-16H2,1-12H3. The third-order valence-corrected chi connectivity index (χ3v) is 32.6. The van der Waals surface area contributed by atoms with Crippen LogP contribution in [-0.2, 0) is 0 Å². The van der Waals surface area contributed by atoms with Crippen LogP contribution in [0.5, 0.6) is 0 Å². The summed E-state index contributed by atoms with van der Waals surface area (Å²) in [5.41, 5.74) is 6.83. The molecule has 0 heterocycles. The zero-order chi connectivity index (χ0) is 17.3. The highest BCUT2D eigenvalue weighted by Crippen LogP contribution is 2.40. The Morgan fingerprint density at radius 2 is 0.476 bits per heavy atom. The summed E-state index contributed by atoms with van der Waals surface area (Å²) in [7, 11) is -4.94. The summed E-state index contributed by atoms with van der Waals surface area (Å²) in [5, 5.41) is 0. The average Bonchev–Trinajstić information content (AvgIpc) is 1.83. The van der Waals surface area contributed by atoms with Gasteiger partial charge in [0.05, 0.1) is 0 Å². The third kappa shape index (κ3) is 12.2. The van der Waals surface area contributed by atoms with Crippen molar-refractivity contribution in [3.63, 3.8) is 0 Å². The van der Waals surface area contributed by atoms with Crippen LogP contribution in [0.25, 0.3) is 0 Å². The monoisotopic (exact) mass is 376 g/mol. The van der Waals surface area contributed by atoms with Crippen LogP contribution in [0.15, 0.2) is 0 Å². The van der Waals surface area contributed by atoms with E-state index in [0.717, 1.165) is 0 Å². The fourth-order valence-corrected chi connectivity index (χ4v) is 50.6. The first-order chi connectivity index (χ1) is 8.83. The lowest BCUT2D eigenvalue weighted by atomic mass is 11.7. The van der Waals surface area contributed by atoms with Crippen LogP contribution >= 0.6 is 0 Å². The molecule has 0 aliphatic heterocycles. The Labute approximate surface area is 141 Å². The second-order valence-corrected chi connectivity index (χ2v) is 41.6. The van der Waals surface area contributed by atoms with E-state index in [1.54, 1.807) is 22.7 Å². The Kier molecular flexibility index (Phi) is 7.27. The Hall–Kier alpha value is 1.08. The molecule has 5 heteroatoms. The molecule has 0 saturated carbocycles. The summed E-state index contributed by atoms with van der Waals surface area (Å²) >= 11 is 0. The van der Waals surface area contributed by atoms with Gasteiger partial charge in [0, 0.05) is 40.4 Å². The molecule has 0 fully saturated rings. The Balaban J connectivity index is 5.70. The van der Waals surface area contributed by atoms with Gasteiger partial charge in [0.25, 0.3) is 0 Å². The van der Waals surface area contributed by atoms with Gasteiger partial charge in [-0.05, 0) is 0 Å². The first-order valence-corrected chi connectivity index (χ1v) is 26.5. The number of hydrogen-bond acceptors (Lipinski definition) is 0. The van der Waals surface area contributed by atoms with Crippen LogP contribution in [0.1, 0.15) is 0 Å². The lowest BCUT2D eigenvalue weighted by Gasteiger charge is -2.46. The molecule has 0 N–H and O–H groups in total. The van der Waals surface area contributed by atoms with E-state index in [9.17, 15) is 0 Å². The predicted molar refractivity (Wildman–Crippen MR) is 118 cm³/mol. The van der Waals surface area contributed by atoms with Crippen molar-refractivity contribution < 1.29 is 0 Å². The van der Waals surface area contributed by atoms with Crippen LogP contribution in [0.2, 0.25) is 101 Å². The maximum absolute atomic E-state index is 2.63. The quantitative estimate of drug-likeness (QED) is 0.402. The lowest BCUT2D eigenvalue weighted by molar-refractivity contribution is 1.34. The largest absolute Gasteiger partial charge is 0.0698 e. The second kappa shape index (κ2) is 6.91. The van der Waals surface area contributed by atoms with Crippen LogP contribution in [0.3, 0.4) is 0 Å². The van der Waals surface area contributed by atoms with Gasteiger partial charge in [-0.25, -0.2) is 0 Å². The molecule has 0 bridgehead atoms. The number of rotatable bonds is 8. The second-order valence-electron chi connectivity index (χ2n) is 12.4. The molecular weight excluding hydrogens is 333 g/mol. The van der Waals surface area contributed by atoms with Gasteiger partial charge in [0.15, 0.2) is 0 Å². The van der Waals surface area contributed by atoms with Crippen molar-refractivity contribution in [1.29, 1.82) is 0 Å². The van der Waals surface area contributed by atoms with Crippen molar-refractivity contribution in [2.75, 3.05) is 0 Å². The molecule has 0 aromatic carbocycles.